The largest absolute Gasteiger partial charge is 0.309 e. The molecule has 250 valence electrons. The summed E-state index contributed by atoms with van der Waals surface area (Å²) in [6, 6.07) is 61.3. The van der Waals surface area contributed by atoms with Gasteiger partial charge in [0, 0.05) is 44.0 Å². The second-order valence-corrected chi connectivity index (χ2v) is 18.9. The first-order valence-electron chi connectivity index (χ1n) is 18.3. The van der Waals surface area contributed by atoms with E-state index in [9.17, 15) is 0 Å². The van der Waals surface area contributed by atoms with Crippen LogP contribution in [0.1, 0.15) is 0 Å². The molecule has 4 heterocycles. The maximum absolute atomic E-state index is 5.36. The van der Waals surface area contributed by atoms with Gasteiger partial charge >= 0.3 is 0 Å². The van der Waals surface area contributed by atoms with Crippen LogP contribution in [-0.2, 0) is 0 Å². The van der Waals surface area contributed by atoms with Gasteiger partial charge in [0.2, 0.25) is 0 Å². The standard InChI is InChI=1S/C48H34N4Si/c1-53(2)44-24-14-11-21-37(44)46-47(53)45(49-48(50-46)32-15-5-3-6-16-32)31-25-27-34(28-26-31)52-41-23-13-10-20-36(41)39-29-42-38(30-43(39)52)35-19-9-12-22-40(35)51(42)33-17-7-4-8-18-33/h3-30H,1-2H3. The van der Waals surface area contributed by atoms with Crippen molar-refractivity contribution in [3.8, 4) is 45.3 Å². The van der Waals surface area contributed by atoms with Crippen LogP contribution < -0.4 is 10.4 Å². The van der Waals surface area contributed by atoms with Crippen LogP contribution in [-0.4, -0.2) is 27.2 Å². The van der Waals surface area contributed by atoms with Crippen molar-refractivity contribution in [2.45, 2.75) is 13.1 Å². The molecule has 3 aromatic heterocycles. The molecule has 0 bridgehead atoms. The van der Waals surface area contributed by atoms with E-state index in [1.807, 2.05) is 6.07 Å². The summed E-state index contributed by atoms with van der Waals surface area (Å²) in [7, 11) is -2.08. The van der Waals surface area contributed by atoms with Gasteiger partial charge in [0.05, 0.1) is 33.5 Å². The van der Waals surface area contributed by atoms with Crippen molar-refractivity contribution < 1.29 is 0 Å². The Morgan fingerprint density at radius 2 is 0.925 bits per heavy atom. The van der Waals surface area contributed by atoms with Crippen LogP contribution in [0, 0.1) is 0 Å². The second-order valence-electron chi connectivity index (χ2n) is 14.6. The van der Waals surface area contributed by atoms with Gasteiger partial charge in [-0.2, -0.15) is 0 Å². The van der Waals surface area contributed by atoms with Crippen molar-refractivity contribution in [2.24, 2.45) is 0 Å². The SMILES string of the molecule is C[Si]1(C)c2ccccc2-c2nc(-c3ccccc3)nc(-c3ccc(-n4c5ccccc5c5cc6c(cc54)c4ccccc4n6-c4ccccc4)cc3)c21. The van der Waals surface area contributed by atoms with Crippen LogP contribution in [0.3, 0.4) is 0 Å². The average Bonchev–Trinajstić information content (AvgIpc) is 3.80. The second kappa shape index (κ2) is 11.2. The number of benzene rings is 7. The average molecular weight is 695 g/mol. The van der Waals surface area contributed by atoms with E-state index in [1.165, 1.54) is 65.2 Å². The molecule has 11 rings (SSSR count). The number of aromatic nitrogens is 4. The zero-order chi connectivity index (χ0) is 35.3. The lowest BCUT2D eigenvalue weighted by atomic mass is 10.1. The highest BCUT2D eigenvalue weighted by Gasteiger charge is 2.41. The number of para-hydroxylation sites is 3. The van der Waals surface area contributed by atoms with Crippen LogP contribution in [0.25, 0.3) is 88.9 Å². The normalized spacial score (nSPS) is 13.2. The Bertz CT molecular complexity index is 3070. The van der Waals surface area contributed by atoms with Gasteiger partial charge in [-0.15, -0.1) is 0 Å². The number of hydrogen-bond donors (Lipinski definition) is 0. The summed E-state index contributed by atoms with van der Waals surface area (Å²) in [4.78, 5) is 10.6. The van der Waals surface area contributed by atoms with Gasteiger partial charge in [-0.05, 0) is 64.5 Å². The molecule has 0 N–H and O–H groups in total. The molecule has 0 fully saturated rings. The summed E-state index contributed by atoms with van der Waals surface area (Å²) < 4.78 is 4.83. The fourth-order valence-corrected chi connectivity index (χ4v) is 12.1. The van der Waals surface area contributed by atoms with Crippen molar-refractivity contribution in [2.75, 3.05) is 0 Å². The van der Waals surface area contributed by atoms with Gasteiger partial charge in [0.1, 0.15) is 8.07 Å². The third kappa shape index (κ3) is 4.35. The highest BCUT2D eigenvalue weighted by Crippen LogP contribution is 2.40. The fraction of sp³-hybridized carbons (Fsp3) is 0.0417. The lowest BCUT2D eigenvalue weighted by Crippen LogP contribution is -2.50. The summed E-state index contributed by atoms with van der Waals surface area (Å²) in [5.74, 6) is 0.769. The minimum absolute atomic E-state index is 0.769. The predicted molar refractivity (Wildman–Crippen MR) is 224 cm³/mol. The molecular weight excluding hydrogens is 661 g/mol. The Labute approximate surface area is 308 Å². The van der Waals surface area contributed by atoms with Crippen LogP contribution in [0.15, 0.2) is 170 Å². The summed E-state index contributed by atoms with van der Waals surface area (Å²) >= 11 is 0. The fourth-order valence-electron chi connectivity index (χ4n) is 8.87. The highest BCUT2D eigenvalue weighted by molar-refractivity contribution is 7.04. The first-order chi connectivity index (χ1) is 26.1. The van der Waals surface area contributed by atoms with Crippen LogP contribution in [0.4, 0.5) is 0 Å². The smallest absolute Gasteiger partial charge is 0.160 e. The Balaban J connectivity index is 1.13. The van der Waals surface area contributed by atoms with E-state index in [4.69, 9.17) is 9.97 Å². The minimum Gasteiger partial charge on any atom is -0.309 e. The number of rotatable bonds is 4. The molecule has 4 nitrogen and oxygen atoms in total. The lowest BCUT2D eigenvalue weighted by Gasteiger charge is -2.21. The Morgan fingerprint density at radius 1 is 0.415 bits per heavy atom. The Hall–Kier alpha value is -6.56. The molecule has 0 amide bonds. The number of nitrogens with zero attached hydrogens (tertiary/aromatic N) is 4. The summed E-state index contributed by atoms with van der Waals surface area (Å²) in [5, 5.41) is 7.72. The molecule has 0 aliphatic carbocycles. The number of hydrogen-bond acceptors (Lipinski definition) is 2. The number of fused-ring (bicyclic) bond motifs is 9. The monoisotopic (exact) mass is 694 g/mol. The maximum atomic E-state index is 5.36. The van der Waals surface area contributed by atoms with Gasteiger partial charge in [-0.25, -0.2) is 9.97 Å². The molecule has 5 heteroatoms. The molecule has 0 atom stereocenters. The van der Waals surface area contributed by atoms with Crippen molar-refractivity contribution in [3.05, 3.63) is 170 Å². The molecule has 7 aromatic carbocycles. The van der Waals surface area contributed by atoms with Gasteiger partial charge in [-0.1, -0.05) is 134 Å². The maximum Gasteiger partial charge on any atom is 0.160 e. The quantitative estimate of drug-likeness (QED) is 0.172. The topological polar surface area (TPSA) is 35.6 Å². The molecule has 0 radical (unpaired) electrons. The summed E-state index contributed by atoms with van der Waals surface area (Å²) in [5.41, 5.74) is 12.6. The van der Waals surface area contributed by atoms with Gasteiger partial charge in [0.15, 0.2) is 5.82 Å². The molecule has 0 spiro atoms. The predicted octanol–water partition coefficient (Wildman–Crippen LogP) is 10.8. The Morgan fingerprint density at radius 3 is 1.57 bits per heavy atom. The molecule has 0 unspecified atom stereocenters. The van der Waals surface area contributed by atoms with E-state index in [0.29, 0.717) is 0 Å². The minimum atomic E-state index is -2.08. The van der Waals surface area contributed by atoms with E-state index in [1.54, 1.807) is 0 Å². The van der Waals surface area contributed by atoms with Crippen LogP contribution in [0.2, 0.25) is 13.1 Å². The Kier molecular flexibility index (Phi) is 6.37. The van der Waals surface area contributed by atoms with Gasteiger partial charge in [-0.3, -0.25) is 0 Å². The molecule has 1 aliphatic heterocycles. The molecule has 53 heavy (non-hydrogen) atoms. The first kappa shape index (κ1) is 30.1. The first-order valence-corrected chi connectivity index (χ1v) is 21.3. The van der Waals surface area contributed by atoms with E-state index in [-0.39, 0.29) is 0 Å². The summed E-state index contributed by atoms with van der Waals surface area (Å²) in [6.45, 7) is 4.88. The van der Waals surface area contributed by atoms with E-state index in [0.717, 1.165) is 34.0 Å². The van der Waals surface area contributed by atoms with Gasteiger partial charge in [0.25, 0.3) is 0 Å². The third-order valence-electron chi connectivity index (χ3n) is 11.3. The van der Waals surface area contributed by atoms with Crippen LogP contribution in [0.5, 0.6) is 0 Å². The molecule has 10 aromatic rings. The highest BCUT2D eigenvalue weighted by atomic mass is 28.3. The third-order valence-corrected chi connectivity index (χ3v) is 14.8. The zero-order valence-electron chi connectivity index (χ0n) is 29.5. The molecular formula is C48H34N4Si. The van der Waals surface area contributed by atoms with Crippen LogP contribution >= 0.6 is 0 Å². The van der Waals surface area contributed by atoms with E-state index >= 15 is 0 Å². The van der Waals surface area contributed by atoms with Crippen molar-refractivity contribution in [1.82, 2.24) is 19.1 Å². The van der Waals surface area contributed by atoms with E-state index < -0.39 is 8.07 Å². The van der Waals surface area contributed by atoms with E-state index in [2.05, 4.69) is 186 Å². The van der Waals surface area contributed by atoms with Crippen molar-refractivity contribution >= 4 is 62.1 Å². The molecule has 1 aliphatic rings. The van der Waals surface area contributed by atoms with Gasteiger partial charge < -0.3 is 9.13 Å². The van der Waals surface area contributed by atoms with Crippen molar-refractivity contribution in [1.29, 1.82) is 0 Å². The molecule has 0 saturated carbocycles. The molecule has 0 saturated heterocycles. The van der Waals surface area contributed by atoms with Crippen molar-refractivity contribution in [3.63, 3.8) is 0 Å². The summed E-state index contributed by atoms with van der Waals surface area (Å²) in [6.07, 6.45) is 0. The zero-order valence-corrected chi connectivity index (χ0v) is 30.5. The lowest BCUT2D eigenvalue weighted by molar-refractivity contribution is 1.17.